The van der Waals surface area contributed by atoms with Crippen LogP contribution in [0.15, 0.2) is 24.5 Å². The number of hydrogen-bond acceptors (Lipinski definition) is 5. The Balaban J connectivity index is 2.21. The molecule has 2 rings (SSSR count). The molecule has 0 radical (unpaired) electrons. The van der Waals surface area contributed by atoms with Gasteiger partial charge in [0.2, 0.25) is 0 Å². The van der Waals surface area contributed by atoms with Crippen LogP contribution in [0.1, 0.15) is 0 Å². The van der Waals surface area contributed by atoms with Crippen LogP contribution in [0, 0.1) is 0 Å². The number of fused-ring (bicyclic) bond motifs is 1. The summed E-state index contributed by atoms with van der Waals surface area (Å²) < 4.78 is 1.65. The lowest BCUT2D eigenvalue weighted by molar-refractivity contribution is -0.135. The second-order valence-corrected chi connectivity index (χ2v) is 4.54. The predicted molar refractivity (Wildman–Crippen MR) is 71.4 cm³/mol. The van der Waals surface area contributed by atoms with E-state index in [0.29, 0.717) is 18.0 Å². The molecule has 0 bridgehead atoms. The quantitative estimate of drug-likeness (QED) is 0.801. The van der Waals surface area contributed by atoms with Crippen LogP contribution >= 0.6 is 0 Å². The fraction of sp³-hybridized carbons (Fsp3) is 0.417. The van der Waals surface area contributed by atoms with Crippen LogP contribution in [0.4, 0.5) is 5.82 Å². The summed E-state index contributed by atoms with van der Waals surface area (Å²) in [5.74, 6) is -0.216. The lowest BCUT2D eigenvalue weighted by Crippen LogP contribution is -2.36. The van der Waals surface area contributed by atoms with E-state index in [1.807, 2.05) is 19.0 Å². The Bertz CT molecular complexity index is 566. The summed E-state index contributed by atoms with van der Waals surface area (Å²) in [5, 5.41) is 13.0. The third-order valence-electron chi connectivity index (χ3n) is 2.71. The van der Waals surface area contributed by atoms with Gasteiger partial charge in [-0.15, -0.1) is 0 Å². The van der Waals surface area contributed by atoms with Crippen LogP contribution in [0.25, 0.3) is 5.65 Å². The van der Waals surface area contributed by atoms with Gasteiger partial charge < -0.3 is 14.9 Å². The van der Waals surface area contributed by atoms with Gasteiger partial charge in [0.05, 0.1) is 6.20 Å². The summed E-state index contributed by atoms with van der Waals surface area (Å²) >= 11 is 0. The van der Waals surface area contributed by atoms with Gasteiger partial charge in [-0.1, -0.05) is 0 Å². The van der Waals surface area contributed by atoms with Crippen molar-refractivity contribution in [2.75, 3.05) is 38.6 Å². The third-order valence-corrected chi connectivity index (χ3v) is 2.71. The molecule has 0 aliphatic heterocycles. The van der Waals surface area contributed by atoms with Crippen LogP contribution in [0.2, 0.25) is 0 Å². The van der Waals surface area contributed by atoms with Crippen LogP contribution in [-0.4, -0.2) is 64.3 Å². The smallest absolute Gasteiger partial charge is 0.323 e. The molecular formula is C12H17N5O2. The first-order valence-corrected chi connectivity index (χ1v) is 5.98. The first-order chi connectivity index (χ1) is 9.06. The van der Waals surface area contributed by atoms with Gasteiger partial charge in [0.25, 0.3) is 0 Å². The average Bonchev–Trinajstić information content (AvgIpc) is 2.80. The van der Waals surface area contributed by atoms with Crippen molar-refractivity contribution in [2.45, 2.75) is 0 Å². The molecule has 0 atom stereocenters. The second-order valence-electron chi connectivity index (χ2n) is 4.54. The van der Waals surface area contributed by atoms with E-state index in [1.165, 1.54) is 0 Å². The van der Waals surface area contributed by atoms with Gasteiger partial charge in [-0.25, -0.2) is 9.50 Å². The van der Waals surface area contributed by atoms with E-state index in [9.17, 15) is 4.79 Å². The highest BCUT2D eigenvalue weighted by Gasteiger charge is 2.13. The van der Waals surface area contributed by atoms with Crippen molar-refractivity contribution in [1.82, 2.24) is 19.5 Å². The number of nitrogens with zero attached hydrogens (tertiary/aromatic N) is 5. The van der Waals surface area contributed by atoms with Gasteiger partial charge in [0, 0.05) is 25.4 Å². The minimum Gasteiger partial charge on any atom is -0.480 e. The second kappa shape index (κ2) is 5.66. The molecule has 102 valence electrons. The van der Waals surface area contributed by atoms with Crippen LogP contribution in [0.3, 0.4) is 0 Å². The third kappa shape index (κ3) is 3.41. The molecule has 0 saturated carbocycles. The topological polar surface area (TPSA) is 74.0 Å². The van der Waals surface area contributed by atoms with Crippen LogP contribution < -0.4 is 4.90 Å². The normalized spacial score (nSPS) is 11.1. The van der Waals surface area contributed by atoms with Gasteiger partial charge in [-0.05, 0) is 20.2 Å². The molecule has 2 aromatic rings. The molecule has 2 heterocycles. The molecule has 0 aliphatic carbocycles. The molecule has 7 heteroatoms. The van der Waals surface area contributed by atoms with Crippen molar-refractivity contribution in [1.29, 1.82) is 0 Å². The zero-order valence-electron chi connectivity index (χ0n) is 11.0. The summed E-state index contributed by atoms with van der Waals surface area (Å²) in [5.41, 5.74) is 0.706. The molecule has 7 nitrogen and oxygen atoms in total. The van der Waals surface area contributed by atoms with Crippen molar-refractivity contribution < 1.29 is 9.90 Å². The Labute approximate surface area is 111 Å². The zero-order chi connectivity index (χ0) is 13.8. The highest BCUT2D eigenvalue weighted by Crippen LogP contribution is 2.11. The van der Waals surface area contributed by atoms with Crippen molar-refractivity contribution in [3.05, 3.63) is 24.5 Å². The number of carboxylic acid groups (broad SMARTS) is 1. The number of anilines is 1. The number of hydrogen-bond donors (Lipinski definition) is 1. The van der Waals surface area contributed by atoms with Gasteiger partial charge in [0.15, 0.2) is 5.65 Å². The molecule has 0 saturated heterocycles. The van der Waals surface area contributed by atoms with Crippen LogP contribution in [0.5, 0.6) is 0 Å². The number of likely N-dealkylation sites (N-methyl/N-ethyl adjacent to an activating group) is 1. The maximum absolute atomic E-state index is 10.9. The number of aliphatic carboxylic acids is 1. The predicted octanol–water partition coefficient (Wildman–Crippen LogP) is 0.182. The van der Waals surface area contributed by atoms with Crippen LogP contribution in [-0.2, 0) is 4.79 Å². The van der Waals surface area contributed by atoms with Gasteiger partial charge in [-0.2, -0.15) is 5.10 Å². The lowest BCUT2D eigenvalue weighted by Gasteiger charge is -2.23. The van der Waals surface area contributed by atoms with Crippen molar-refractivity contribution in [3.63, 3.8) is 0 Å². The monoisotopic (exact) mass is 263 g/mol. The first kappa shape index (κ1) is 13.3. The number of carbonyl (C=O) groups is 1. The Morgan fingerprint density at radius 3 is 2.84 bits per heavy atom. The average molecular weight is 263 g/mol. The Morgan fingerprint density at radius 2 is 2.16 bits per heavy atom. The minimum atomic E-state index is -0.867. The summed E-state index contributed by atoms with van der Waals surface area (Å²) in [6, 6.07) is 3.56. The molecule has 0 fully saturated rings. The SMILES string of the molecule is CN(C)CCN(CC(=O)O)c1ccn2nccc2n1. The molecule has 0 unspecified atom stereocenters. The van der Waals surface area contributed by atoms with E-state index >= 15 is 0 Å². The summed E-state index contributed by atoms with van der Waals surface area (Å²) in [7, 11) is 3.90. The molecule has 1 N–H and O–H groups in total. The Hall–Kier alpha value is -2.15. The maximum atomic E-state index is 10.9. The summed E-state index contributed by atoms with van der Waals surface area (Å²) in [4.78, 5) is 19.1. The highest BCUT2D eigenvalue weighted by atomic mass is 16.4. The van der Waals surface area contributed by atoms with E-state index in [-0.39, 0.29) is 6.54 Å². The van der Waals surface area contributed by atoms with E-state index in [4.69, 9.17) is 5.11 Å². The Kier molecular flexibility index (Phi) is 3.96. The standard InChI is InChI=1S/C12H17N5O2/c1-15(2)7-8-16(9-12(18)19)10-4-6-17-11(14-10)3-5-13-17/h3-6H,7-9H2,1-2H3,(H,18,19). The van der Waals surface area contributed by atoms with Gasteiger partial charge in [-0.3, -0.25) is 4.79 Å². The molecule has 0 amide bonds. The maximum Gasteiger partial charge on any atom is 0.323 e. The van der Waals surface area contributed by atoms with Gasteiger partial charge in [0.1, 0.15) is 12.4 Å². The van der Waals surface area contributed by atoms with Gasteiger partial charge >= 0.3 is 5.97 Å². The molecular weight excluding hydrogens is 246 g/mol. The Morgan fingerprint density at radius 1 is 1.37 bits per heavy atom. The number of aromatic nitrogens is 3. The largest absolute Gasteiger partial charge is 0.480 e. The van der Waals surface area contributed by atoms with Crippen molar-refractivity contribution >= 4 is 17.4 Å². The summed E-state index contributed by atoms with van der Waals surface area (Å²) in [6.07, 6.45) is 3.44. The van der Waals surface area contributed by atoms with E-state index in [1.54, 1.807) is 33.9 Å². The molecule has 19 heavy (non-hydrogen) atoms. The summed E-state index contributed by atoms with van der Waals surface area (Å²) in [6.45, 7) is 1.31. The zero-order valence-corrected chi connectivity index (χ0v) is 11.0. The van der Waals surface area contributed by atoms with Crippen molar-refractivity contribution in [3.8, 4) is 0 Å². The lowest BCUT2D eigenvalue weighted by atomic mass is 10.4. The minimum absolute atomic E-state index is 0.0643. The fourth-order valence-corrected chi connectivity index (χ4v) is 1.74. The number of rotatable bonds is 6. The van der Waals surface area contributed by atoms with E-state index in [0.717, 1.165) is 6.54 Å². The van der Waals surface area contributed by atoms with E-state index in [2.05, 4.69) is 10.1 Å². The van der Waals surface area contributed by atoms with E-state index < -0.39 is 5.97 Å². The molecule has 2 aromatic heterocycles. The molecule has 0 spiro atoms. The highest BCUT2D eigenvalue weighted by molar-refractivity contribution is 5.73. The molecule has 0 aromatic carbocycles. The fourth-order valence-electron chi connectivity index (χ4n) is 1.74. The van der Waals surface area contributed by atoms with Crippen molar-refractivity contribution in [2.24, 2.45) is 0 Å². The number of carboxylic acids is 1. The molecule has 0 aliphatic rings. The first-order valence-electron chi connectivity index (χ1n) is 5.98.